The molecule has 1 N–H and O–H groups in total. The fourth-order valence-electron chi connectivity index (χ4n) is 3.34. The molecule has 94 valence electrons. The predicted molar refractivity (Wildman–Crippen MR) is 65.9 cm³/mol. The van der Waals surface area contributed by atoms with E-state index in [2.05, 4.69) is 5.16 Å². The molecule has 0 radical (unpaired) electrons. The first-order chi connectivity index (χ1) is 8.70. The van der Waals surface area contributed by atoms with E-state index in [-0.39, 0.29) is 22.4 Å². The molecule has 18 heavy (non-hydrogen) atoms. The average molecular weight is 246 g/mol. The van der Waals surface area contributed by atoms with Crippen LogP contribution in [0.5, 0.6) is 0 Å². The smallest absolute Gasteiger partial charge is 0.272 e. The van der Waals surface area contributed by atoms with Crippen LogP contribution in [0.25, 0.3) is 0 Å². The van der Waals surface area contributed by atoms with Gasteiger partial charge in [-0.25, -0.2) is 0 Å². The van der Waals surface area contributed by atoms with Gasteiger partial charge in [0.25, 0.3) is 5.69 Å². The monoisotopic (exact) mass is 246 g/mol. The van der Waals surface area contributed by atoms with Crippen molar-refractivity contribution in [1.82, 2.24) is 0 Å². The van der Waals surface area contributed by atoms with E-state index in [1.165, 1.54) is 0 Å². The van der Waals surface area contributed by atoms with Gasteiger partial charge in [-0.05, 0) is 31.2 Å². The molecule has 2 atom stereocenters. The van der Waals surface area contributed by atoms with Gasteiger partial charge < -0.3 is 5.21 Å². The summed E-state index contributed by atoms with van der Waals surface area (Å²) in [5.41, 5.74) is 2.91. The summed E-state index contributed by atoms with van der Waals surface area (Å²) in [6.45, 7) is 0. The van der Waals surface area contributed by atoms with Crippen LogP contribution in [-0.4, -0.2) is 15.8 Å². The number of fused-ring (bicyclic) bond motifs is 3. The number of rotatable bonds is 1. The summed E-state index contributed by atoms with van der Waals surface area (Å²) in [7, 11) is 0. The minimum atomic E-state index is -0.312. The SMILES string of the molecule is O=[N+]([O-])c1cccc2c1CC1CCC(C2)/C1=N/O. The molecule has 2 aliphatic rings. The van der Waals surface area contributed by atoms with Gasteiger partial charge in [0, 0.05) is 23.5 Å². The average Bonchev–Trinajstić information content (AvgIpc) is 2.63. The van der Waals surface area contributed by atoms with E-state index in [1.54, 1.807) is 12.1 Å². The summed E-state index contributed by atoms with van der Waals surface area (Å²) >= 11 is 0. The van der Waals surface area contributed by atoms with Gasteiger partial charge in [-0.3, -0.25) is 10.1 Å². The van der Waals surface area contributed by atoms with Crippen molar-refractivity contribution in [2.45, 2.75) is 25.7 Å². The van der Waals surface area contributed by atoms with Crippen LogP contribution in [0.3, 0.4) is 0 Å². The van der Waals surface area contributed by atoms with Gasteiger partial charge in [-0.1, -0.05) is 17.3 Å². The first-order valence-corrected chi connectivity index (χ1v) is 6.17. The number of hydrogen-bond donors (Lipinski definition) is 1. The Hall–Kier alpha value is -1.91. The van der Waals surface area contributed by atoms with Crippen LogP contribution in [0.4, 0.5) is 5.69 Å². The second-order valence-electron chi connectivity index (χ2n) is 5.08. The molecule has 2 aliphatic carbocycles. The van der Waals surface area contributed by atoms with Crippen molar-refractivity contribution >= 4 is 11.4 Å². The van der Waals surface area contributed by atoms with Gasteiger partial charge in [-0.2, -0.15) is 0 Å². The Bertz CT molecular complexity index is 539. The van der Waals surface area contributed by atoms with Gasteiger partial charge in [0.1, 0.15) is 0 Å². The number of benzene rings is 1. The normalized spacial score (nSPS) is 27.9. The van der Waals surface area contributed by atoms with Crippen molar-refractivity contribution in [3.05, 3.63) is 39.4 Å². The Labute approximate surface area is 104 Å². The molecule has 0 aliphatic heterocycles. The largest absolute Gasteiger partial charge is 0.411 e. The molecule has 0 aromatic heterocycles. The Balaban J connectivity index is 2.10. The minimum absolute atomic E-state index is 0.169. The molecule has 1 fully saturated rings. The van der Waals surface area contributed by atoms with Gasteiger partial charge in [0.2, 0.25) is 0 Å². The summed E-state index contributed by atoms with van der Waals surface area (Å²) in [4.78, 5) is 10.8. The van der Waals surface area contributed by atoms with Crippen LogP contribution >= 0.6 is 0 Å². The molecule has 1 saturated carbocycles. The summed E-state index contributed by atoms with van der Waals surface area (Å²) in [6.07, 6.45) is 3.37. The van der Waals surface area contributed by atoms with Gasteiger partial charge in [0.15, 0.2) is 0 Å². The number of oxime groups is 1. The van der Waals surface area contributed by atoms with Crippen molar-refractivity contribution in [2.24, 2.45) is 17.0 Å². The Morgan fingerprint density at radius 1 is 1.28 bits per heavy atom. The quantitative estimate of drug-likeness (QED) is 0.470. The first-order valence-electron chi connectivity index (χ1n) is 6.17. The first kappa shape index (κ1) is 11.2. The minimum Gasteiger partial charge on any atom is -0.411 e. The van der Waals surface area contributed by atoms with Crippen LogP contribution in [0.1, 0.15) is 24.0 Å². The maximum Gasteiger partial charge on any atom is 0.272 e. The zero-order chi connectivity index (χ0) is 12.7. The molecular formula is C13H14N2O3. The van der Waals surface area contributed by atoms with E-state index in [1.807, 2.05) is 6.07 Å². The summed E-state index contributed by atoms with van der Waals surface area (Å²) in [6, 6.07) is 5.26. The molecule has 0 amide bonds. The van der Waals surface area contributed by atoms with Crippen LogP contribution in [0.2, 0.25) is 0 Å². The van der Waals surface area contributed by atoms with Gasteiger partial charge in [-0.15, -0.1) is 0 Å². The van der Waals surface area contributed by atoms with Crippen molar-refractivity contribution < 1.29 is 10.1 Å². The van der Waals surface area contributed by atoms with E-state index < -0.39 is 0 Å². The van der Waals surface area contributed by atoms with Crippen LogP contribution in [0.15, 0.2) is 23.4 Å². The van der Waals surface area contributed by atoms with E-state index in [0.29, 0.717) is 6.42 Å². The molecule has 0 saturated heterocycles. The third-order valence-corrected chi connectivity index (χ3v) is 4.18. The lowest BCUT2D eigenvalue weighted by Crippen LogP contribution is -2.14. The molecular weight excluding hydrogens is 232 g/mol. The molecule has 5 heteroatoms. The summed E-state index contributed by atoms with van der Waals surface area (Å²) < 4.78 is 0. The molecule has 2 bridgehead atoms. The van der Waals surface area contributed by atoms with Gasteiger partial charge >= 0.3 is 0 Å². The van der Waals surface area contributed by atoms with Crippen LogP contribution < -0.4 is 0 Å². The number of nitro benzene ring substituents is 1. The van der Waals surface area contributed by atoms with Crippen molar-refractivity contribution in [2.75, 3.05) is 0 Å². The maximum atomic E-state index is 11.1. The highest BCUT2D eigenvalue weighted by molar-refractivity contribution is 5.91. The number of hydrogen-bond acceptors (Lipinski definition) is 4. The zero-order valence-electron chi connectivity index (χ0n) is 9.87. The van der Waals surface area contributed by atoms with Gasteiger partial charge in [0.05, 0.1) is 10.6 Å². The fraction of sp³-hybridized carbons (Fsp3) is 0.462. The Morgan fingerprint density at radius 3 is 2.67 bits per heavy atom. The van der Waals surface area contributed by atoms with Crippen molar-refractivity contribution in [3.8, 4) is 0 Å². The highest BCUT2D eigenvalue weighted by Gasteiger charge is 2.38. The lowest BCUT2D eigenvalue weighted by molar-refractivity contribution is -0.385. The van der Waals surface area contributed by atoms with E-state index >= 15 is 0 Å². The predicted octanol–water partition coefficient (Wildman–Crippen LogP) is 2.55. The van der Waals surface area contributed by atoms with Crippen LogP contribution in [-0.2, 0) is 12.8 Å². The molecule has 0 heterocycles. The summed E-state index contributed by atoms with van der Waals surface area (Å²) in [5, 5.41) is 23.6. The lowest BCUT2D eigenvalue weighted by atomic mass is 9.92. The van der Waals surface area contributed by atoms with Crippen molar-refractivity contribution in [3.63, 3.8) is 0 Å². The second kappa shape index (κ2) is 4.08. The summed E-state index contributed by atoms with van der Waals surface area (Å²) in [5.74, 6) is 0.422. The zero-order valence-corrected chi connectivity index (χ0v) is 9.87. The molecule has 2 unspecified atom stereocenters. The second-order valence-corrected chi connectivity index (χ2v) is 5.08. The molecule has 0 spiro atoms. The third kappa shape index (κ3) is 1.58. The van der Waals surface area contributed by atoms with E-state index in [0.717, 1.165) is 36.1 Å². The van der Waals surface area contributed by atoms with E-state index in [4.69, 9.17) is 5.21 Å². The molecule has 1 aromatic rings. The highest BCUT2D eigenvalue weighted by Crippen LogP contribution is 2.40. The molecule has 3 rings (SSSR count). The number of nitrogens with zero attached hydrogens (tertiary/aromatic N) is 2. The number of nitro groups is 1. The standard InChI is InChI=1S/C13H14N2O3/c16-14-13-9-4-5-10(13)7-11-8(6-9)2-1-3-12(11)15(17)18/h1-3,9-10,16H,4-7H2/b14-13-. The van der Waals surface area contributed by atoms with E-state index in [9.17, 15) is 10.1 Å². The molecule has 1 aromatic carbocycles. The third-order valence-electron chi connectivity index (χ3n) is 4.18. The van der Waals surface area contributed by atoms with Crippen LogP contribution in [0, 0.1) is 22.0 Å². The Morgan fingerprint density at radius 2 is 2.00 bits per heavy atom. The Kier molecular flexibility index (Phi) is 2.54. The highest BCUT2D eigenvalue weighted by atomic mass is 16.6. The fourth-order valence-corrected chi connectivity index (χ4v) is 3.34. The molecule has 5 nitrogen and oxygen atoms in total. The van der Waals surface area contributed by atoms with Crippen molar-refractivity contribution in [1.29, 1.82) is 0 Å². The lowest BCUT2D eigenvalue weighted by Gasteiger charge is -2.12. The topological polar surface area (TPSA) is 75.7 Å². The maximum absolute atomic E-state index is 11.1.